The van der Waals surface area contributed by atoms with Gasteiger partial charge in [0.1, 0.15) is 24.4 Å². The Balaban J connectivity index is 1.20. The lowest BCUT2D eigenvalue weighted by atomic mass is 9.62. The summed E-state index contributed by atoms with van der Waals surface area (Å²) < 4.78 is 50.2. The Morgan fingerprint density at radius 1 is 0.850 bits per heavy atom. The number of para-hydroxylation sites is 1. The topological polar surface area (TPSA) is 143 Å². The first kappa shape index (κ1) is 45.6. The fraction of sp³-hybridized carbons (Fsp3) is 0.787. The van der Waals surface area contributed by atoms with Crippen molar-refractivity contribution in [2.75, 3.05) is 40.7 Å². The van der Waals surface area contributed by atoms with Crippen molar-refractivity contribution < 1.29 is 52.6 Å². The molecule has 13 heteroatoms. The normalized spacial score (nSPS) is 43.9. The summed E-state index contributed by atoms with van der Waals surface area (Å²) in [6, 6.07) is 9.87. The van der Waals surface area contributed by atoms with Crippen molar-refractivity contribution in [2.45, 2.75) is 165 Å². The Morgan fingerprint density at radius 3 is 2.23 bits per heavy atom. The number of hydrogen-bond donors (Lipinski definition) is 2. The molecule has 0 radical (unpaired) electrons. The van der Waals surface area contributed by atoms with Crippen LogP contribution in [0.25, 0.3) is 0 Å². The summed E-state index contributed by atoms with van der Waals surface area (Å²) in [6.45, 7) is 8.06. The molecular formula is C47H72N2O11. The number of ketones is 1. The number of rotatable bonds is 11. The maximum absolute atomic E-state index is 15.1. The number of cyclic esters (lactones) is 1. The minimum absolute atomic E-state index is 0.00629. The van der Waals surface area contributed by atoms with E-state index in [2.05, 4.69) is 37.3 Å². The van der Waals surface area contributed by atoms with Crippen LogP contribution in [0, 0.1) is 35.5 Å². The highest BCUT2D eigenvalue weighted by atomic mass is 16.7. The van der Waals surface area contributed by atoms with Crippen LogP contribution in [-0.4, -0.2) is 137 Å². The number of likely N-dealkylation sites (N-methyl/N-ethyl adjacent to an activating group) is 1. The molecule has 7 rings (SSSR count). The molecule has 0 bridgehead atoms. The minimum atomic E-state index is -0.869. The van der Waals surface area contributed by atoms with Gasteiger partial charge in [0.2, 0.25) is 0 Å². The van der Waals surface area contributed by atoms with Gasteiger partial charge >= 0.3 is 5.97 Å². The lowest BCUT2D eigenvalue weighted by Gasteiger charge is -2.47. The zero-order chi connectivity index (χ0) is 42.8. The fourth-order valence-corrected chi connectivity index (χ4v) is 11.9. The van der Waals surface area contributed by atoms with Gasteiger partial charge in [-0.25, -0.2) is 0 Å². The van der Waals surface area contributed by atoms with Gasteiger partial charge in [0.15, 0.2) is 18.4 Å². The predicted molar refractivity (Wildman–Crippen MR) is 225 cm³/mol. The Labute approximate surface area is 357 Å². The molecule has 5 unspecified atom stereocenters. The maximum Gasteiger partial charge on any atom is 0.306 e. The largest absolute Gasteiger partial charge is 0.462 e. The number of anilines is 1. The molecule has 0 spiro atoms. The van der Waals surface area contributed by atoms with Crippen LogP contribution in [0.2, 0.25) is 0 Å². The number of aliphatic hydroxyl groups excluding tert-OH is 1. The van der Waals surface area contributed by atoms with E-state index in [0.29, 0.717) is 43.7 Å². The van der Waals surface area contributed by atoms with Crippen LogP contribution < -0.4 is 5.32 Å². The lowest BCUT2D eigenvalue weighted by molar-refractivity contribution is -0.314. The van der Waals surface area contributed by atoms with Crippen molar-refractivity contribution in [3.63, 3.8) is 0 Å². The monoisotopic (exact) mass is 841 g/mol. The number of esters is 1. The second-order valence-electron chi connectivity index (χ2n) is 18.6. The molecule has 6 aliphatic rings. The van der Waals surface area contributed by atoms with E-state index >= 15 is 4.79 Å². The highest BCUT2D eigenvalue weighted by molar-refractivity contribution is 5.99. The average Bonchev–Trinajstić information content (AvgIpc) is 3.82. The van der Waals surface area contributed by atoms with Crippen LogP contribution in [-0.2, 0) is 47.5 Å². The van der Waals surface area contributed by atoms with Crippen LogP contribution in [0.4, 0.5) is 5.69 Å². The molecule has 3 heterocycles. The number of benzene rings is 1. The van der Waals surface area contributed by atoms with E-state index in [4.69, 9.17) is 37.9 Å². The van der Waals surface area contributed by atoms with Gasteiger partial charge in [-0.05, 0) is 115 Å². The zero-order valence-corrected chi connectivity index (χ0v) is 37.3. The van der Waals surface area contributed by atoms with Crippen molar-refractivity contribution in [2.24, 2.45) is 35.5 Å². The number of carbonyl (C=O) groups is 2. The molecular weight excluding hydrogens is 769 g/mol. The van der Waals surface area contributed by atoms with Crippen molar-refractivity contribution in [1.29, 1.82) is 0 Å². The summed E-state index contributed by atoms with van der Waals surface area (Å²) >= 11 is 0. The molecule has 1 aromatic carbocycles. The molecule has 13 nitrogen and oxygen atoms in total. The molecule has 5 fully saturated rings. The molecule has 0 amide bonds. The van der Waals surface area contributed by atoms with Gasteiger partial charge in [0.05, 0.1) is 43.0 Å². The first-order valence-corrected chi connectivity index (χ1v) is 22.7. The number of fused-ring (bicyclic) bond motifs is 5. The Morgan fingerprint density at radius 2 is 1.57 bits per heavy atom. The second kappa shape index (κ2) is 19.9. The number of Topliss-reactive ketones (excluding diaryl/α,β-unsaturated/α-hetero) is 1. The molecule has 3 aliphatic carbocycles. The average molecular weight is 841 g/mol. The van der Waals surface area contributed by atoms with E-state index in [1.165, 1.54) is 0 Å². The zero-order valence-electron chi connectivity index (χ0n) is 37.3. The summed E-state index contributed by atoms with van der Waals surface area (Å²) in [7, 11) is 9.07. The standard InChI is InChI=1S/C47H72N2O11/c1-10-29-17-14-18-37(60-39-20-19-36(49(5)6)26(3)56-39)25(2)42(51)35-23-32-31-21-30(59-47-46(55-9)45(54-8)44(53-7)27(4)57-47)22-34(31)41(48-28-15-12-11-13-16-28)43(52)40(32)33(35)24-38(50)58-29/h11-13,15-16,23,25-27,29-34,36-37,39-41,43-48,52H,10,14,17-22,24H2,1-9H3/t25-,26?,27?,29+,30+,31+,32+,33-,34-,36+,37+,39?,40-,41+,43+,44+,45?,46?,47+/m1/s1. The first-order valence-electron chi connectivity index (χ1n) is 22.7. The summed E-state index contributed by atoms with van der Waals surface area (Å²) in [4.78, 5) is 31.2. The van der Waals surface area contributed by atoms with Crippen molar-refractivity contribution in [1.82, 2.24) is 4.90 Å². The molecule has 1 aromatic rings. The van der Waals surface area contributed by atoms with Gasteiger partial charge in [-0.2, -0.15) is 0 Å². The third-order valence-electron chi connectivity index (χ3n) is 15.0. The molecule has 2 saturated carbocycles. The van der Waals surface area contributed by atoms with Crippen LogP contribution in [0.15, 0.2) is 42.0 Å². The summed E-state index contributed by atoms with van der Waals surface area (Å²) in [5, 5.41) is 16.4. The molecule has 19 atom stereocenters. The van der Waals surface area contributed by atoms with Crippen LogP contribution in [0.1, 0.15) is 85.5 Å². The highest BCUT2D eigenvalue weighted by Gasteiger charge is 2.60. The van der Waals surface area contributed by atoms with E-state index in [1.807, 2.05) is 51.1 Å². The van der Waals surface area contributed by atoms with Crippen molar-refractivity contribution in [3.05, 3.63) is 42.0 Å². The van der Waals surface area contributed by atoms with Crippen LogP contribution >= 0.6 is 0 Å². The number of nitrogens with one attached hydrogen (secondary N) is 1. The van der Waals surface area contributed by atoms with E-state index in [0.717, 1.165) is 24.9 Å². The van der Waals surface area contributed by atoms with Gasteiger partial charge in [-0.1, -0.05) is 38.1 Å². The SMILES string of the molecule is CC[C@H]1CCC[C@H](OC2CC[C@H](N(C)C)C(C)O2)[C@@H](C)C(=O)C2=C[C@H]3[C@@H]4C[C@H](O[C@@H]5OC(C)[C@H](OC)C(OC)C5OC)C[C@H]4[C@H](Nc4ccccc4)[C@@H](O)[C@H]3[C@@H]2CC(=O)O1. The third-order valence-corrected chi connectivity index (χ3v) is 15.0. The third kappa shape index (κ3) is 9.40. The van der Waals surface area contributed by atoms with Gasteiger partial charge in [-0.3, -0.25) is 9.59 Å². The molecule has 2 N–H and O–H groups in total. The smallest absolute Gasteiger partial charge is 0.306 e. The molecule has 336 valence electrons. The lowest BCUT2D eigenvalue weighted by Crippen LogP contribution is -2.59. The van der Waals surface area contributed by atoms with Gasteiger partial charge in [0.25, 0.3) is 0 Å². The number of methoxy groups -OCH3 is 3. The van der Waals surface area contributed by atoms with E-state index < -0.39 is 48.6 Å². The van der Waals surface area contributed by atoms with Gasteiger partial charge in [-0.15, -0.1) is 0 Å². The van der Waals surface area contributed by atoms with Crippen molar-refractivity contribution >= 4 is 17.4 Å². The van der Waals surface area contributed by atoms with Crippen molar-refractivity contribution in [3.8, 4) is 0 Å². The Bertz CT molecular complexity index is 1610. The maximum atomic E-state index is 15.1. The second-order valence-corrected chi connectivity index (χ2v) is 18.6. The van der Waals surface area contributed by atoms with Crippen LogP contribution in [0.5, 0.6) is 0 Å². The summed E-state index contributed by atoms with van der Waals surface area (Å²) in [6.07, 6.45) is 3.59. The number of hydrogen-bond acceptors (Lipinski definition) is 13. The Kier molecular flexibility index (Phi) is 15.1. The molecule has 0 aromatic heterocycles. The first-order chi connectivity index (χ1) is 28.9. The molecule has 3 aliphatic heterocycles. The van der Waals surface area contributed by atoms with E-state index in [1.54, 1.807) is 21.3 Å². The summed E-state index contributed by atoms with van der Waals surface area (Å²) in [5.41, 5.74) is 1.51. The highest BCUT2D eigenvalue weighted by Crippen LogP contribution is 2.57. The molecule has 60 heavy (non-hydrogen) atoms. The number of allylic oxidation sites excluding steroid dienone is 2. The quantitative estimate of drug-likeness (QED) is 0.261. The number of carbonyl (C=O) groups excluding carboxylic acids is 2. The Hall–Kier alpha value is -2.46. The number of aliphatic hydroxyl groups is 1. The fourth-order valence-electron chi connectivity index (χ4n) is 11.9. The number of nitrogens with zero attached hydrogens (tertiary/aromatic N) is 1. The van der Waals surface area contributed by atoms with E-state index in [9.17, 15) is 9.90 Å². The van der Waals surface area contributed by atoms with E-state index in [-0.39, 0.29) is 78.6 Å². The minimum Gasteiger partial charge on any atom is -0.462 e. The van der Waals surface area contributed by atoms with Gasteiger partial charge in [0, 0.05) is 50.8 Å². The summed E-state index contributed by atoms with van der Waals surface area (Å²) in [5.74, 6) is -1.87. The predicted octanol–water partition coefficient (Wildman–Crippen LogP) is 5.77. The molecule has 3 saturated heterocycles. The van der Waals surface area contributed by atoms with Gasteiger partial charge < -0.3 is 53.2 Å². The number of ether oxygens (including phenoxy) is 8. The van der Waals surface area contributed by atoms with Crippen LogP contribution in [0.3, 0.4) is 0 Å².